The first-order chi connectivity index (χ1) is 14.8. The molecule has 0 radical (unpaired) electrons. The van der Waals surface area contributed by atoms with E-state index in [9.17, 15) is 14.4 Å². The van der Waals surface area contributed by atoms with Crippen molar-refractivity contribution < 1.29 is 14.0 Å². The van der Waals surface area contributed by atoms with E-state index in [2.05, 4.69) is 0 Å². The molecule has 0 unspecified atom stereocenters. The van der Waals surface area contributed by atoms with Crippen LogP contribution in [0.2, 0.25) is 0 Å². The highest BCUT2D eigenvalue weighted by atomic mass is 16.4. The van der Waals surface area contributed by atoms with E-state index in [1.807, 2.05) is 76.2 Å². The molecule has 2 amide bonds. The summed E-state index contributed by atoms with van der Waals surface area (Å²) in [5, 5.41) is 0. The fraction of sp³-hybridized carbons (Fsp3) is 0.240. The van der Waals surface area contributed by atoms with Crippen LogP contribution in [-0.2, 0) is 0 Å². The zero-order valence-electron chi connectivity index (χ0n) is 18.2. The molecule has 0 atom stereocenters. The van der Waals surface area contributed by atoms with Crippen molar-refractivity contribution in [2.24, 2.45) is 0 Å². The third kappa shape index (κ3) is 4.91. The van der Waals surface area contributed by atoms with Gasteiger partial charge >= 0.3 is 0 Å². The molecule has 0 N–H and O–H groups in total. The minimum Gasteiger partial charge on any atom is -0.445 e. The largest absolute Gasteiger partial charge is 0.445 e. The first-order valence-electron chi connectivity index (χ1n) is 10.3. The lowest BCUT2D eigenvalue weighted by molar-refractivity contribution is 0.0931. The molecule has 2 aromatic carbocycles. The van der Waals surface area contributed by atoms with E-state index in [0.29, 0.717) is 24.5 Å². The van der Waals surface area contributed by atoms with Crippen LogP contribution in [0, 0.1) is 13.8 Å². The molecule has 3 aromatic rings. The lowest BCUT2D eigenvalue weighted by atomic mass is 10.2. The van der Waals surface area contributed by atoms with Gasteiger partial charge in [0.25, 0.3) is 11.8 Å². The average molecular weight is 418 g/mol. The van der Waals surface area contributed by atoms with E-state index in [1.165, 1.54) is 9.80 Å². The van der Waals surface area contributed by atoms with Crippen molar-refractivity contribution in [2.45, 2.75) is 27.7 Å². The van der Waals surface area contributed by atoms with E-state index in [-0.39, 0.29) is 11.5 Å². The van der Waals surface area contributed by atoms with Gasteiger partial charge in [-0.05, 0) is 52.0 Å². The molecule has 0 fully saturated rings. The van der Waals surface area contributed by atoms with Crippen LogP contribution >= 0.6 is 0 Å². The smallest absolute Gasteiger partial charge is 0.294 e. The Labute approximate surface area is 181 Å². The Bertz CT molecular complexity index is 1040. The fourth-order valence-corrected chi connectivity index (χ4v) is 3.29. The van der Waals surface area contributed by atoms with Crippen molar-refractivity contribution in [1.82, 2.24) is 0 Å². The molecule has 0 saturated carbocycles. The number of hydrogen-bond acceptors (Lipinski definition) is 4. The summed E-state index contributed by atoms with van der Waals surface area (Å²) in [7, 11) is 0. The topological polar surface area (TPSA) is 70.8 Å². The molecule has 160 valence electrons. The Balaban J connectivity index is 1.95. The second kappa shape index (κ2) is 9.43. The Kier molecular flexibility index (Phi) is 6.70. The van der Waals surface area contributed by atoms with Gasteiger partial charge in [0.2, 0.25) is 0 Å². The summed E-state index contributed by atoms with van der Waals surface area (Å²) in [6.45, 7) is 8.36. The predicted molar refractivity (Wildman–Crippen MR) is 122 cm³/mol. The van der Waals surface area contributed by atoms with Crippen molar-refractivity contribution in [3.05, 3.63) is 93.5 Å². The predicted octanol–water partition coefficient (Wildman–Crippen LogP) is 4.59. The lowest BCUT2D eigenvalue weighted by Gasteiger charge is -2.22. The number of nitrogens with zero attached hydrogens (tertiary/aromatic N) is 2. The zero-order chi connectivity index (χ0) is 22.5. The van der Waals surface area contributed by atoms with Crippen LogP contribution in [0.3, 0.4) is 0 Å². The van der Waals surface area contributed by atoms with Crippen molar-refractivity contribution in [3.8, 4) is 0 Å². The Morgan fingerprint density at radius 3 is 1.39 bits per heavy atom. The van der Waals surface area contributed by atoms with E-state index in [4.69, 9.17) is 4.42 Å². The van der Waals surface area contributed by atoms with Crippen molar-refractivity contribution >= 4 is 23.2 Å². The van der Waals surface area contributed by atoms with Crippen molar-refractivity contribution in [2.75, 3.05) is 22.9 Å². The minimum atomic E-state index is -0.475. The van der Waals surface area contributed by atoms with E-state index >= 15 is 0 Å². The van der Waals surface area contributed by atoms with Gasteiger partial charge in [-0.3, -0.25) is 14.4 Å². The Morgan fingerprint density at radius 2 is 1.06 bits per heavy atom. The van der Waals surface area contributed by atoms with Gasteiger partial charge in [-0.15, -0.1) is 0 Å². The number of rotatable bonds is 6. The first kappa shape index (κ1) is 22.0. The molecule has 6 heteroatoms. The van der Waals surface area contributed by atoms with Gasteiger partial charge in [0.05, 0.1) is 0 Å². The summed E-state index contributed by atoms with van der Waals surface area (Å²) in [5.74, 6) is -1.29. The molecular formula is C25H26N2O4. The summed E-state index contributed by atoms with van der Waals surface area (Å²) in [6.07, 6.45) is 0. The maximum absolute atomic E-state index is 13.1. The maximum atomic E-state index is 13.1. The average Bonchev–Trinajstić information content (AvgIpc) is 2.76. The number of hydrogen-bond donors (Lipinski definition) is 0. The summed E-state index contributed by atoms with van der Waals surface area (Å²) in [5.41, 5.74) is 3.06. The zero-order valence-corrected chi connectivity index (χ0v) is 18.2. The fourth-order valence-electron chi connectivity index (χ4n) is 3.29. The van der Waals surface area contributed by atoms with Gasteiger partial charge in [-0.2, -0.15) is 0 Å². The molecule has 0 aliphatic heterocycles. The van der Waals surface area contributed by atoms with Gasteiger partial charge in [0.15, 0.2) is 16.9 Å². The van der Waals surface area contributed by atoms with Gasteiger partial charge in [-0.25, -0.2) is 0 Å². The molecule has 3 rings (SSSR count). The highest BCUT2D eigenvalue weighted by Crippen LogP contribution is 2.20. The quantitative estimate of drug-likeness (QED) is 0.587. The lowest BCUT2D eigenvalue weighted by Crippen LogP contribution is -2.33. The Morgan fingerprint density at radius 1 is 0.710 bits per heavy atom. The van der Waals surface area contributed by atoms with Crippen LogP contribution in [0.15, 0.2) is 69.9 Å². The number of carbonyl (C=O) groups is 2. The van der Waals surface area contributed by atoms with Gasteiger partial charge < -0.3 is 14.2 Å². The van der Waals surface area contributed by atoms with Crippen molar-refractivity contribution in [3.63, 3.8) is 0 Å². The molecule has 0 aliphatic carbocycles. The van der Waals surface area contributed by atoms with E-state index < -0.39 is 17.2 Å². The van der Waals surface area contributed by atoms with E-state index in [0.717, 1.165) is 23.3 Å². The van der Waals surface area contributed by atoms with E-state index in [1.54, 1.807) is 0 Å². The minimum absolute atomic E-state index is 0.168. The first-order valence-corrected chi connectivity index (χ1v) is 10.3. The highest BCUT2D eigenvalue weighted by Gasteiger charge is 2.24. The summed E-state index contributed by atoms with van der Waals surface area (Å²) in [4.78, 5) is 41.5. The van der Waals surface area contributed by atoms with Crippen LogP contribution in [-0.4, -0.2) is 24.9 Å². The van der Waals surface area contributed by atoms with Crippen LogP contribution in [0.1, 0.15) is 46.1 Å². The van der Waals surface area contributed by atoms with Gasteiger partial charge in [-0.1, -0.05) is 35.4 Å². The number of anilines is 2. The van der Waals surface area contributed by atoms with Gasteiger partial charge in [0, 0.05) is 36.6 Å². The van der Waals surface area contributed by atoms with Crippen LogP contribution in [0.4, 0.5) is 11.4 Å². The third-order valence-corrected chi connectivity index (χ3v) is 5.00. The monoisotopic (exact) mass is 418 g/mol. The summed E-state index contributed by atoms with van der Waals surface area (Å²) < 4.78 is 5.66. The third-order valence-electron chi connectivity index (χ3n) is 5.00. The summed E-state index contributed by atoms with van der Waals surface area (Å²) >= 11 is 0. The number of benzene rings is 2. The summed E-state index contributed by atoms with van der Waals surface area (Å²) in [6, 6.07) is 17.2. The van der Waals surface area contributed by atoms with Crippen LogP contribution in [0.5, 0.6) is 0 Å². The van der Waals surface area contributed by atoms with Crippen molar-refractivity contribution in [1.29, 1.82) is 0 Å². The highest BCUT2D eigenvalue weighted by molar-refractivity contribution is 6.06. The molecule has 0 saturated heterocycles. The molecule has 6 nitrogen and oxygen atoms in total. The van der Waals surface area contributed by atoms with Crippen LogP contribution in [0.25, 0.3) is 0 Å². The van der Waals surface area contributed by atoms with Crippen LogP contribution < -0.4 is 15.2 Å². The molecule has 0 aliphatic rings. The second-order valence-corrected chi connectivity index (χ2v) is 7.29. The SMILES string of the molecule is CCN(C(=O)c1cc(=O)cc(C(=O)N(CC)c2ccc(C)cc2)o1)c1ccc(C)cc1. The molecule has 0 spiro atoms. The normalized spacial score (nSPS) is 10.6. The van der Waals surface area contributed by atoms with Gasteiger partial charge in [0.1, 0.15) is 0 Å². The number of aryl methyl sites for hydroxylation is 2. The molecule has 0 bridgehead atoms. The number of carbonyl (C=O) groups excluding carboxylic acids is 2. The molecule has 1 heterocycles. The number of amides is 2. The molecular weight excluding hydrogens is 392 g/mol. The molecule has 31 heavy (non-hydrogen) atoms. The Hall–Kier alpha value is -3.67. The standard InChI is InChI=1S/C25H26N2O4/c1-5-26(19-11-7-17(3)8-12-19)24(29)22-15-21(28)16-23(31-22)25(30)27(6-2)20-13-9-18(4)10-14-20/h7-16H,5-6H2,1-4H3. The second-order valence-electron chi connectivity index (χ2n) is 7.29. The maximum Gasteiger partial charge on any atom is 0.294 e. The molecule has 1 aromatic heterocycles.